The van der Waals surface area contributed by atoms with Gasteiger partial charge in [-0.1, -0.05) is 41.9 Å². The summed E-state index contributed by atoms with van der Waals surface area (Å²) in [5, 5.41) is 1.86. The van der Waals surface area contributed by atoms with Crippen LogP contribution in [0.25, 0.3) is 10.9 Å². The van der Waals surface area contributed by atoms with E-state index in [1.54, 1.807) is 0 Å². The second-order valence-corrected chi connectivity index (χ2v) is 4.91. The molecule has 0 aliphatic carbocycles. The van der Waals surface area contributed by atoms with Crippen LogP contribution < -0.4 is 4.74 Å². The molecule has 0 fully saturated rings. The van der Waals surface area contributed by atoms with Gasteiger partial charge in [0.15, 0.2) is 0 Å². The number of nitrogens with zero attached hydrogens (tertiary/aromatic N) is 1. The van der Waals surface area contributed by atoms with Gasteiger partial charge in [0.2, 0.25) is 0 Å². The SMILES string of the molecule is Cn1cc(COc2ccccc2Cl)c2ccccc21. The highest BCUT2D eigenvalue weighted by Gasteiger charge is 2.07. The summed E-state index contributed by atoms with van der Waals surface area (Å²) >= 11 is 6.08. The minimum atomic E-state index is 0.519. The molecule has 2 aromatic carbocycles. The van der Waals surface area contributed by atoms with Crippen molar-refractivity contribution in [2.24, 2.45) is 7.05 Å². The average Bonchev–Trinajstić information content (AvgIpc) is 2.75. The van der Waals surface area contributed by atoms with Gasteiger partial charge in [0.1, 0.15) is 12.4 Å². The summed E-state index contributed by atoms with van der Waals surface area (Å²) in [6.07, 6.45) is 2.10. The molecular weight excluding hydrogens is 258 g/mol. The van der Waals surface area contributed by atoms with Gasteiger partial charge >= 0.3 is 0 Å². The zero-order valence-corrected chi connectivity index (χ0v) is 11.4. The maximum atomic E-state index is 6.08. The fraction of sp³-hybridized carbons (Fsp3) is 0.125. The Hall–Kier alpha value is -1.93. The Balaban J connectivity index is 1.88. The number of ether oxygens (including phenoxy) is 1. The molecule has 0 bridgehead atoms. The Morgan fingerprint density at radius 2 is 1.79 bits per heavy atom. The summed E-state index contributed by atoms with van der Waals surface area (Å²) in [6.45, 7) is 0.519. The largest absolute Gasteiger partial charge is 0.487 e. The molecule has 3 aromatic rings. The van der Waals surface area contributed by atoms with E-state index in [-0.39, 0.29) is 0 Å². The Kier molecular flexibility index (Phi) is 3.18. The van der Waals surface area contributed by atoms with Crippen LogP contribution in [0.2, 0.25) is 5.02 Å². The van der Waals surface area contributed by atoms with Crippen molar-refractivity contribution >= 4 is 22.5 Å². The van der Waals surface area contributed by atoms with Crippen LogP contribution in [0.1, 0.15) is 5.56 Å². The topological polar surface area (TPSA) is 14.2 Å². The first-order valence-electron chi connectivity index (χ1n) is 6.16. The lowest BCUT2D eigenvalue weighted by Gasteiger charge is -2.06. The van der Waals surface area contributed by atoms with E-state index in [2.05, 4.69) is 22.9 Å². The molecule has 0 aliphatic rings. The van der Waals surface area contributed by atoms with Crippen molar-refractivity contribution in [2.75, 3.05) is 0 Å². The lowest BCUT2D eigenvalue weighted by Crippen LogP contribution is -1.95. The highest BCUT2D eigenvalue weighted by atomic mass is 35.5. The number of benzene rings is 2. The number of aryl methyl sites for hydroxylation is 1. The summed E-state index contributed by atoms with van der Waals surface area (Å²) in [5.74, 6) is 0.720. The van der Waals surface area contributed by atoms with E-state index >= 15 is 0 Å². The molecule has 0 atom stereocenters. The van der Waals surface area contributed by atoms with E-state index in [9.17, 15) is 0 Å². The van der Waals surface area contributed by atoms with Crippen molar-refractivity contribution < 1.29 is 4.74 Å². The lowest BCUT2D eigenvalue weighted by atomic mass is 10.2. The van der Waals surface area contributed by atoms with Gasteiger partial charge in [-0.05, 0) is 18.2 Å². The predicted octanol–water partition coefficient (Wildman–Crippen LogP) is 4.41. The number of hydrogen-bond acceptors (Lipinski definition) is 1. The molecule has 0 N–H and O–H groups in total. The third kappa shape index (κ3) is 2.32. The average molecular weight is 272 g/mol. The normalized spacial score (nSPS) is 10.8. The van der Waals surface area contributed by atoms with Crippen molar-refractivity contribution in [1.29, 1.82) is 0 Å². The third-order valence-electron chi connectivity index (χ3n) is 3.20. The van der Waals surface area contributed by atoms with Crippen LogP contribution in [-0.4, -0.2) is 4.57 Å². The summed E-state index contributed by atoms with van der Waals surface area (Å²) in [7, 11) is 2.04. The van der Waals surface area contributed by atoms with Crippen LogP contribution in [0.3, 0.4) is 0 Å². The number of rotatable bonds is 3. The molecule has 0 radical (unpaired) electrons. The molecule has 0 spiro atoms. The fourth-order valence-corrected chi connectivity index (χ4v) is 2.45. The number of fused-ring (bicyclic) bond motifs is 1. The lowest BCUT2D eigenvalue weighted by molar-refractivity contribution is 0.307. The molecule has 3 heteroatoms. The van der Waals surface area contributed by atoms with E-state index in [1.807, 2.05) is 43.4 Å². The van der Waals surface area contributed by atoms with Crippen molar-refractivity contribution in [3.8, 4) is 5.75 Å². The molecule has 96 valence electrons. The monoisotopic (exact) mass is 271 g/mol. The van der Waals surface area contributed by atoms with E-state index < -0.39 is 0 Å². The maximum Gasteiger partial charge on any atom is 0.138 e. The molecule has 0 aliphatic heterocycles. The minimum absolute atomic E-state index is 0.519. The van der Waals surface area contributed by atoms with Crippen LogP contribution in [0.4, 0.5) is 0 Å². The van der Waals surface area contributed by atoms with Crippen LogP contribution in [0, 0.1) is 0 Å². The number of para-hydroxylation sites is 2. The molecule has 1 heterocycles. The van der Waals surface area contributed by atoms with E-state index in [1.165, 1.54) is 10.9 Å². The van der Waals surface area contributed by atoms with Gasteiger partial charge in [0.05, 0.1) is 5.02 Å². The molecule has 0 unspecified atom stereocenters. The molecule has 0 saturated heterocycles. The molecule has 0 saturated carbocycles. The summed E-state index contributed by atoms with van der Waals surface area (Å²) < 4.78 is 7.91. The first-order valence-corrected chi connectivity index (χ1v) is 6.54. The Morgan fingerprint density at radius 3 is 2.63 bits per heavy atom. The Morgan fingerprint density at radius 1 is 1.05 bits per heavy atom. The number of aromatic nitrogens is 1. The number of hydrogen-bond donors (Lipinski definition) is 0. The van der Waals surface area contributed by atoms with Crippen molar-refractivity contribution in [1.82, 2.24) is 4.57 Å². The fourth-order valence-electron chi connectivity index (χ4n) is 2.26. The predicted molar refractivity (Wildman–Crippen MR) is 78.7 cm³/mol. The third-order valence-corrected chi connectivity index (χ3v) is 3.51. The van der Waals surface area contributed by atoms with Gasteiger partial charge in [-0.3, -0.25) is 0 Å². The summed E-state index contributed by atoms with van der Waals surface area (Å²) in [4.78, 5) is 0. The van der Waals surface area contributed by atoms with Crippen LogP contribution >= 0.6 is 11.6 Å². The zero-order chi connectivity index (χ0) is 13.2. The van der Waals surface area contributed by atoms with Gasteiger partial charge in [0.25, 0.3) is 0 Å². The maximum absolute atomic E-state index is 6.08. The molecule has 1 aromatic heterocycles. The Bertz CT molecular complexity index is 718. The zero-order valence-electron chi connectivity index (χ0n) is 10.6. The molecule has 2 nitrogen and oxygen atoms in total. The second-order valence-electron chi connectivity index (χ2n) is 4.50. The Labute approximate surface area is 117 Å². The van der Waals surface area contributed by atoms with Gasteiger partial charge in [-0.25, -0.2) is 0 Å². The molecular formula is C16H14ClNO. The highest BCUT2D eigenvalue weighted by Crippen LogP contribution is 2.26. The standard InChI is InChI=1S/C16H14ClNO/c1-18-10-12(13-6-2-4-8-15(13)18)11-19-16-9-5-3-7-14(16)17/h2-10H,11H2,1H3. The summed E-state index contributed by atoms with van der Waals surface area (Å²) in [6, 6.07) is 15.8. The first kappa shape index (κ1) is 12.1. The van der Waals surface area contributed by atoms with Gasteiger partial charge in [-0.2, -0.15) is 0 Å². The van der Waals surface area contributed by atoms with Crippen LogP contribution in [0.15, 0.2) is 54.7 Å². The van der Waals surface area contributed by atoms with Crippen LogP contribution in [0.5, 0.6) is 5.75 Å². The highest BCUT2D eigenvalue weighted by molar-refractivity contribution is 6.32. The minimum Gasteiger partial charge on any atom is -0.487 e. The first-order chi connectivity index (χ1) is 9.25. The van der Waals surface area contributed by atoms with E-state index in [0.717, 1.165) is 11.3 Å². The smallest absolute Gasteiger partial charge is 0.138 e. The molecule has 0 amide bonds. The van der Waals surface area contributed by atoms with Gasteiger partial charge in [-0.15, -0.1) is 0 Å². The van der Waals surface area contributed by atoms with Crippen molar-refractivity contribution in [3.63, 3.8) is 0 Å². The van der Waals surface area contributed by atoms with E-state index in [0.29, 0.717) is 11.6 Å². The molecule has 19 heavy (non-hydrogen) atoms. The summed E-state index contributed by atoms with van der Waals surface area (Å²) in [5.41, 5.74) is 2.37. The van der Waals surface area contributed by atoms with Gasteiger partial charge in [0, 0.05) is 29.7 Å². The quantitative estimate of drug-likeness (QED) is 0.688. The molecule has 3 rings (SSSR count). The van der Waals surface area contributed by atoms with Crippen LogP contribution in [-0.2, 0) is 13.7 Å². The number of halogens is 1. The van der Waals surface area contributed by atoms with E-state index in [4.69, 9.17) is 16.3 Å². The van der Waals surface area contributed by atoms with Gasteiger partial charge < -0.3 is 9.30 Å². The second kappa shape index (κ2) is 4.98. The van der Waals surface area contributed by atoms with Crippen molar-refractivity contribution in [2.45, 2.75) is 6.61 Å². The van der Waals surface area contributed by atoms with Crippen molar-refractivity contribution in [3.05, 3.63) is 65.3 Å².